The molecule has 3 rings (SSSR count). The summed E-state index contributed by atoms with van der Waals surface area (Å²) in [7, 11) is 0. The average Bonchev–Trinajstić information content (AvgIpc) is 3.19. The van der Waals surface area contributed by atoms with Crippen molar-refractivity contribution in [1.29, 1.82) is 0 Å². The number of hydrogen-bond donors (Lipinski definition) is 1. The van der Waals surface area contributed by atoms with Crippen molar-refractivity contribution < 1.29 is 9.59 Å². The minimum absolute atomic E-state index is 0.0288. The van der Waals surface area contributed by atoms with Crippen LogP contribution in [-0.4, -0.2) is 55.2 Å². The fourth-order valence-corrected chi connectivity index (χ4v) is 5.84. The minimum Gasteiger partial charge on any atom is -0.353 e. The second-order valence-electron chi connectivity index (χ2n) is 7.15. The first-order valence-corrected chi connectivity index (χ1v) is 10.9. The Morgan fingerprint density at radius 1 is 1.32 bits per heavy atom. The molecule has 0 bridgehead atoms. The van der Waals surface area contributed by atoms with Crippen molar-refractivity contribution >= 4 is 40.6 Å². The van der Waals surface area contributed by atoms with Gasteiger partial charge in [-0.2, -0.15) is 0 Å². The summed E-state index contributed by atoms with van der Waals surface area (Å²) in [5.74, 6) is 0.974. The fourth-order valence-electron chi connectivity index (χ4n) is 3.28. The molecule has 3 heterocycles. The van der Waals surface area contributed by atoms with Gasteiger partial charge in [-0.05, 0) is 44.3 Å². The van der Waals surface area contributed by atoms with E-state index in [4.69, 9.17) is 0 Å². The summed E-state index contributed by atoms with van der Waals surface area (Å²) in [6.07, 6.45) is 3.53. The fraction of sp³-hybridized carbons (Fsp3) is 0.667. The number of anilines is 1. The molecule has 1 fully saturated rings. The molecule has 0 saturated carbocycles. The van der Waals surface area contributed by atoms with Crippen LogP contribution in [0, 0.1) is 5.92 Å². The summed E-state index contributed by atoms with van der Waals surface area (Å²) in [5, 5.41) is 2.97. The van der Waals surface area contributed by atoms with Gasteiger partial charge >= 0.3 is 0 Å². The van der Waals surface area contributed by atoms with Crippen LogP contribution in [0.25, 0.3) is 0 Å². The molecule has 0 spiro atoms. The van der Waals surface area contributed by atoms with Gasteiger partial charge in [-0.1, -0.05) is 13.8 Å². The Morgan fingerprint density at radius 3 is 2.80 bits per heavy atom. The van der Waals surface area contributed by atoms with E-state index in [2.05, 4.69) is 30.1 Å². The second-order valence-corrected chi connectivity index (χ2v) is 9.53. The molecule has 0 unspecified atom stereocenters. The molecule has 2 amide bonds. The zero-order valence-corrected chi connectivity index (χ0v) is 16.7. The van der Waals surface area contributed by atoms with Crippen LogP contribution < -0.4 is 10.2 Å². The molecule has 2 aliphatic rings. The molecule has 1 aromatic heterocycles. The van der Waals surface area contributed by atoms with Crippen molar-refractivity contribution in [3.8, 4) is 0 Å². The number of carbonyl (C=O) groups is 2. The van der Waals surface area contributed by atoms with E-state index in [9.17, 15) is 9.59 Å². The lowest BCUT2D eigenvalue weighted by atomic mass is 10.1. The average molecular weight is 382 g/mol. The molecule has 138 valence electrons. The van der Waals surface area contributed by atoms with E-state index < -0.39 is 0 Å². The summed E-state index contributed by atoms with van der Waals surface area (Å²) >= 11 is 3.36. The van der Waals surface area contributed by atoms with Gasteiger partial charge in [0, 0.05) is 18.0 Å². The van der Waals surface area contributed by atoms with Crippen molar-refractivity contribution in [3.63, 3.8) is 0 Å². The molecule has 0 aliphatic carbocycles. The van der Waals surface area contributed by atoms with E-state index in [1.54, 1.807) is 28.0 Å². The van der Waals surface area contributed by atoms with Crippen LogP contribution in [0.5, 0.6) is 0 Å². The standard InChI is InChI=1S/C18H27N3O2S2/c1-13(2)9-14-10-15-18(25-14)24-12-17(23)21(15)11-16(22)19-5-8-20-6-3-4-7-20/h10,13H,3-9,11-12H2,1-2H3,(H,19,22). The Morgan fingerprint density at radius 2 is 2.08 bits per heavy atom. The Labute approximate surface area is 158 Å². The number of likely N-dealkylation sites (tertiary alicyclic amines) is 1. The number of nitrogens with zero attached hydrogens (tertiary/aromatic N) is 2. The molecule has 7 heteroatoms. The molecular formula is C18H27N3O2S2. The molecule has 5 nitrogen and oxygen atoms in total. The van der Waals surface area contributed by atoms with E-state index >= 15 is 0 Å². The Kier molecular flexibility index (Phi) is 6.41. The number of hydrogen-bond acceptors (Lipinski definition) is 5. The van der Waals surface area contributed by atoms with E-state index in [1.807, 2.05) is 0 Å². The van der Waals surface area contributed by atoms with Crippen molar-refractivity contribution in [2.24, 2.45) is 5.92 Å². The van der Waals surface area contributed by atoms with E-state index in [0.29, 0.717) is 18.2 Å². The summed E-state index contributed by atoms with van der Waals surface area (Å²) in [5.41, 5.74) is 0.927. The van der Waals surface area contributed by atoms with Gasteiger partial charge in [0.1, 0.15) is 6.54 Å². The van der Waals surface area contributed by atoms with Crippen LogP contribution in [0.4, 0.5) is 5.69 Å². The highest BCUT2D eigenvalue weighted by Crippen LogP contribution is 2.42. The normalized spacial score (nSPS) is 18.0. The number of fused-ring (bicyclic) bond motifs is 1. The number of thiophene rings is 1. The monoisotopic (exact) mass is 381 g/mol. The molecule has 0 aromatic carbocycles. The molecule has 2 aliphatic heterocycles. The first-order valence-electron chi connectivity index (χ1n) is 9.08. The van der Waals surface area contributed by atoms with Crippen LogP contribution >= 0.6 is 23.1 Å². The van der Waals surface area contributed by atoms with Crippen LogP contribution in [0.2, 0.25) is 0 Å². The predicted octanol–water partition coefficient (Wildman–Crippen LogP) is 2.60. The molecule has 25 heavy (non-hydrogen) atoms. The highest BCUT2D eigenvalue weighted by atomic mass is 32.2. The van der Waals surface area contributed by atoms with Crippen molar-refractivity contribution in [2.75, 3.05) is 43.4 Å². The predicted molar refractivity (Wildman–Crippen MR) is 105 cm³/mol. The highest BCUT2D eigenvalue weighted by molar-refractivity contribution is 8.02. The maximum absolute atomic E-state index is 12.3. The quantitative estimate of drug-likeness (QED) is 0.789. The van der Waals surface area contributed by atoms with Crippen molar-refractivity contribution in [2.45, 2.75) is 37.3 Å². The third-order valence-corrected chi connectivity index (χ3v) is 6.92. The first kappa shape index (κ1) is 18.7. The topological polar surface area (TPSA) is 52.7 Å². The lowest BCUT2D eigenvalue weighted by Crippen LogP contribution is -2.44. The van der Waals surface area contributed by atoms with Gasteiger partial charge in [0.2, 0.25) is 11.8 Å². The van der Waals surface area contributed by atoms with Gasteiger partial charge in [0.15, 0.2) is 0 Å². The van der Waals surface area contributed by atoms with Gasteiger partial charge in [-0.3, -0.25) is 9.59 Å². The largest absolute Gasteiger partial charge is 0.353 e. The van der Waals surface area contributed by atoms with Gasteiger partial charge < -0.3 is 15.1 Å². The molecule has 0 radical (unpaired) electrons. The smallest absolute Gasteiger partial charge is 0.240 e. The van der Waals surface area contributed by atoms with Crippen LogP contribution in [0.1, 0.15) is 31.6 Å². The minimum atomic E-state index is -0.0676. The van der Waals surface area contributed by atoms with Crippen molar-refractivity contribution in [1.82, 2.24) is 10.2 Å². The first-order chi connectivity index (χ1) is 12.0. The Bertz CT molecular complexity index is 624. The lowest BCUT2D eigenvalue weighted by molar-refractivity contribution is -0.123. The van der Waals surface area contributed by atoms with Crippen molar-refractivity contribution in [3.05, 3.63) is 10.9 Å². The molecule has 1 N–H and O–H groups in total. The second kappa shape index (κ2) is 8.56. The summed E-state index contributed by atoms with van der Waals surface area (Å²) in [6.45, 7) is 8.35. The summed E-state index contributed by atoms with van der Waals surface area (Å²) in [6, 6.07) is 2.10. The molecular weight excluding hydrogens is 354 g/mol. The SMILES string of the molecule is CC(C)Cc1cc2c(s1)SCC(=O)N2CC(=O)NCCN1CCCC1. The third kappa shape index (κ3) is 4.99. The van der Waals surface area contributed by atoms with Gasteiger partial charge in [-0.15, -0.1) is 23.1 Å². The van der Waals surface area contributed by atoms with E-state index in [-0.39, 0.29) is 18.4 Å². The molecule has 1 saturated heterocycles. The van der Waals surface area contributed by atoms with Gasteiger partial charge in [0.25, 0.3) is 0 Å². The number of amides is 2. The third-order valence-electron chi connectivity index (χ3n) is 4.51. The Balaban J connectivity index is 1.56. The molecule has 1 aromatic rings. The maximum Gasteiger partial charge on any atom is 0.240 e. The lowest BCUT2D eigenvalue weighted by Gasteiger charge is -2.26. The summed E-state index contributed by atoms with van der Waals surface area (Å²) < 4.78 is 1.17. The van der Waals surface area contributed by atoms with E-state index in [1.165, 1.54) is 21.9 Å². The van der Waals surface area contributed by atoms with Gasteiger partial charge in [-0.25, -0.2) is 0 Å². The number of rotatable bonds is 7. The maximum atomic E-state index is 12.3. The number of carbonyl (C=O) groups excluding carboxylic acids is 2. The zero-order chi connectivity index (χ0) is 17.8. The van der Waals surface area contributed by atoms with Crippen LogP contribution in [0.15, 0.2) is 10.3 Å². The zero-order valence-electron chi connectivity index (χ0n) is 15.0. The van der Waals surface area contributed by atoms with Crippen LogP contribution in [-0.2, 0) is 16.0 Å². The Hall–Kier alpha value is -1.05. The highest BCUT2D eigenvalue weighted by Gasteiger charge is 2.28. The number of nitrogens with one attached hydrogen (secondary N) is 1. The van der Waals surface area contributed by atoms with Crippen LogP contribution in [0.3, 0.4) is 0 Å². The van der Waals surface area contributed by atoms with E-state index in [0.717, 1.165) is 31.7 Å². The van der Waals surface area contributed by atoms with Gasteiger partial charge in [0.05, 0.1) is 15.6 Å². The summed E-state index contributed by atoms with van der Waals surface area (Å²) in [4.78, 5) is 30.0. The molecule has 0 atom stereocenters. The number of thioether (sulfide) groups is 1.